The van der Waals surface area contributed by atoms with Crippen molar-refractivity contribution in [3.63, 3.8) is 0 Å². The highest BCUT2D eigenvalue weighted by atomic mass is 19.1. The molecule has 0 aliphatic carbocycles. The molecule has 1 atom stereocenters. The number of benzene rings is 2. The molecule has 1 N–H and O–H groups in total. The van der Waals surface area contributed by atoms with Gasteiger partial charge in [0, 0.05) is 31.2 Å². The van der Waals surface area contributed by atoms with Gasteiger partial charge in [0.25, 0.3) is 5.91 Å². The van der Waals surface area contributed by atoms with Crippen LogP contribution >= 0.6 is 0 Å². The Balaban J connectivity index is 1.39. The largest absolute Gasteiger partial charge is 0.338 e. The zero-order chi connectivity index (χ0) is 25.2. The van der Waals surface area contributed by atoms with Crippen LogP contribution in [0.15, 0.2) is 73.2 Å². The average Bonchev–Trinajstić information content (AvgIpc) is 3.56. The summed E-state index contributed by atoms with van der Waals surface area (Å²) < 4.78 is 16.9. The predicted molar refractivity (Wildman–Crippen MR) is 136 cm³/mol. The molecule has 2 aromatic carbocycles. The van der Waals surface area contributed by atoms with Crippen molar-refractivity contribution in [2.75, 3.05) is 18.4 Å². The third-order valence-corrected chi connectivity index (χ3v) is 6.61. The maximum absolute atomic E-state index is 13.7. The summed E-state index contributed by atoms with van der Waals surface area (Å²) in [5.41, 5.74) is 4.01. The lowest BCUT2D eigenvalue weighted by Crippen LogP contribution is -2.44. The molecule has 2 amide bonds. The van der Waals surface area contributed by atoms with E-state index in [1.165, 1.54) is 12.1 Å². The monoisotopic (exact) mass is 485 g/mol. The highest BCUT2D eigenvalue weighted by Crippen LogP contribution is 2.26. The molecule has 7 nitrogen and oxygen atoms in total. The SMILES string of the molecule is Cc1ccc(NC(=O)[C@H]2CCCN(C(=O)c3cnn(-c4ccc(F)cc4)c3-n3cccc3)C2)c(C)c1. The van der Waals surface area contributed by atoms with Gasteiger partial charge in [0.05, 0.1) is 17.8 Å². The van der Waals surface area contributed by atoms with Gasteiger partial charge in [0.1, 0.15) is 11.4 Å². The number of likely N-dealkylation sites (tertiary alicyclic amines) is 1. The lowest BCUT2D eigenvalue weighted by atomic mass is 9.96. The molecule has 1 saturated heterocycles. The van der Waals surface area contributed by atoms with E-state index in [9.17, 15) is 14.0 Å². The van der Waals surface area contributed by atoms with E-state index in [0.29, 0.717) is 30.2 Å². The minimum absolute atomic E-state index is 0.0768. The first-order valence-corrected chi connectivity index (χ1v) is 12.1. The van der Waals surface area contributed by atoms with Crippen LogP contribution in [0.2, 0.25) is 0 Å². The summed E-state index contributed by atoms with van der Waals surface area (Å²) in [6.45, 7) is 4.89. The first-order chi connectivity index (χ1) is 17.4. The van der Waals surface area contributed by atoms with E-state index in [1.807, 2.05) is 61.1 Å². The molecule has 1 aliphatic heterocycles. The van der Waals surface area contributed by atoms with Gasteiger partial charge in [-0.2, -0.15) is 5.10 Å². The van der Waals surface area contributed by atoms with Crippen LogP contribution in [0, 0.1) is 25.6 Å². The molecule has 1 aliphatic rings. The van der Waals surface area contributed by atoms with Gasteiger partial charge in [-0.25, -0.2) is 9.07 Å². The van der Waals surface area contributed by atoms with Gasteiger partial charge in [-0.1, -0.05) is 17.7 Å². The number of rotatable bonds is 5. The van der Waals surface area contributed by atoms with Gasteiger partial charge in [0.15, 0.2) is 5.82 Å². The number of piperidine rings is 1. The number of anilines is 1. The van der Waals surface area contributed by atoms with Crippen LogP contribution in [0.1, 0.15) is 34.3 Å². The third-order valence-electron chi connectivity index (χ3n) is 6.61. The Hall–Kier alpha value is -4.20. The number of nitrogens with zero attached hydrogens (tertiary/aromatic N) is 4. The average molecular weight is 486 g/mol. The number of carbonyl (C=O) groups is 2. The molecule has 5 rings (SSSR count). The number of hydrogen-bond donors (Lipinski definition) is 1. The second kappa shape index (κ2) is 9.81. The third kappa shape index (κ3) is 4.66. The summed E-state index contributed by atoms with van der Waals surface area (Å²) in [7, 11) is 0. The number of carbonyl (C=O) groups excluding carboxylic acids is 2. The van der Waals surface area contributed by atoms with E-state index in [2.05, 4.69) is 10.4 Å². The van der Waals surface area contributed by atoms with Crippen LogP contribution < -0.4 is 5.32 Å². The van der Waals surface area contributed by atoms with E-state index in [1.54, 1.807) is 27.9 Å². The van der Waals surface area contributed by atoms with E-state index in [0.717, 1.165) is 29.7 Å². The van der Waals surface area contributed by atoms with Crippen LogP contribution in [0.3, 0.4) is 0 Å². The molecular formula is C28H28FN5O2. The normalized spacial score (nSPS) is 15.6. The fourth-order valence-corrected chi connectivity index (χ4v) is 4.72. The molecule has 2 aromatic heterocycles. The number of aromatic nitrogens is 3. The summed E-state index contributed by atoms with van der Waals surface area (Å²) in [5.74, 6) is -0.338. The van der Waals surface area contributed by atoms with Crippen LogP contribution in [0.4, 0.5) is 10.1 Å². The summed E-state index contributed by atoms with van der Waals surface area (Å²) in [6.07, 6.45) is 6.68. The fraction of sp³-hybridized carbons (Fsp3) is 0.250. The zero-order valence-electron chi connectivity index (χ0n) is 20.3. The molecule has 0 spiro atoms. The van der Waals surface area contributed by atoms with Crippen molar-refractivity contribution >= 4 is 17.5 Å². The van der Waals surface area contributed by atoms with Gasteiger partial charge < -0.3 is 14.8 Å². The molecule has 184 valence electrons. The second-order valence-electron chi connectivity index (χ2n) is 9.26. The van der Waals surface area contributed by atoms with Crippen LogP contribution in [0.25, 0.3) is 11.5 Å². The van der Waals surface area contributed by atoms with Crippen molar-refractivity contribution in [2.45, 2.75) is 26.7 Å². The number of amides is 2. The van der Waals surface area contributed by atoms with Crippen molar-refractivity contribution in [1.82, 2.24) is 19.2 Å². The molecule has 0 radical (unpaired) electrons. The molecule has 8 heteroatoms. The minimum Gasteiger partial charge on any atom is -0.338 e. The molecule has 0 unspecified atom stereocenters. The van der Waals surface area contributed by atoms with Gasteiger partial charge in [-0.15, -0.1) is 0 Å². The number of nitrogens with one attached hydrogen (secondary N) is 1. The Morgan fingerprint density at radius 1 is 1.06 bits per heavy atom. The summed E-state index contributed by atoms with van der Waals surface area (Å²) in [6, 6.07) is 15.6. The fourth-order valence-electron chi connectivity index (χ4n) is 4.72. The maximum atomic E-state index is 13.7. The number of aryl methyl sites for hydroxylation is 2. The molecular weight excluding hydrogens is 457 g/mol. The quantitative estimate of drug-likeness (QED) is 0.437. The van der Waals surface area contributed by atoms with Crippen molar-refractivity contribution < 1.29 is 14.0 Å². The summed E-state index contributed by atoms with van der Waals surface area (Å²) in [4.78, 5) is 28.5. The zero-order valence-corrected chi connectivity index (χ0v) is 20.3. The predicted octanol–water partition coefficient (Wildman–Crippen LogP) is 4.91. The lowest BCUT2D eigenvalue weighted by Gasteiger charge is -2.32. The van der Waals surface area contributed by atoms with Gasteiger partial charge in [0.2, 0.25) is 5.91 Å². The lowest BCUT2D eigenvalue weighted by molar-refractivity contribution is -0.121. The number of hydrogen-bond acceptors (Lipinski definition) is 3. The van der Waals surface area contributed by atoms with Crippen LogP contribution in [0.5, 0.6) is 0 Å². The molecule has 1 fully saturated rings. The second-order valence-corrected chi connectivity index (χ2v) is 9.26. The number of halogens is 1. The first-order valence-electron chi connectivity index (χ1n) is 12.1. The Morgan fingerprint density at radius 3 is 2.53 bits per heavy atom. The standard InChI is InChI=1S/C28H28FN5O2/c1-19-7-12-25(20(2)16-19)31-26(35)21-6-5-15-33(18-21)28(36)24-17-30-34(23-10-8-22(29)9-11-23)27(24)32-13-3-4-14-32/h3-4,7-14,16-17,21H,5-6,15,18H2,1-2H3,(H,31,35)/t21-/m0/s1. The molecule has 3 heterocycles. The van der Waals surface area contributed by atoms with Gasteiger partial charge >= 0.3 is 0 Å². The minimum atomic E-state index is -0.344. The first kappa shape index (κ1) is 23.5. The Morgan fingerprint density at radius 2 is 1.81 bits per heavy atom. The van der Waals surface area contributed by atoms with E-state index < -0.39 is 0 Å². The Labute approximate surface area is 209 Å². The Kier molecular flexibility index (Phi) is 6.41. The van der Waals surface area contributed by atoms with Crippen LogP contribution in [-0.2, 0) is 4.79 Å². The van der Waals surface area contributed by atoms with E-state index in [4.69, 9.17) is 0 Å². The van der Waals surface area contributed by atoms with Crippen molar-refractivity contribution in [3.8, 4) is 11.5 Å². The summed E-state index contributed by atoms with van der Waals surface area (Å²) >= 11 is 0. The van der Waals surface area contributed by atoms with Crippen molar-refractivity contribution in [3.05, 3.63) is 95.7 Å². The summed E-state index contributed by atoms with van der Waals surface area (Å²) in [5, 5.41) is 7.50. The molecule has 0 saturated carbocycles. The smallest absolute Gasteiger partial charge is 0.259 e. The molecule has 36 heavy (non-hydrogen) atoms. The van der Waals surface area contributed by atoms with E-state index >= 15 is 0 Å². The van der Waals surface area contributed by atoms with Crippen molar-refractivity contribution in [1.29, 1.82) is 0 Å². The highest BCUT2D eigenvalue weighted by molar-refractivity contribution is 5.98. The molecule has 4 aromatic rings. The van der Waals surface area contributed by atoms with Crippen molar-refractivity contribution in [2.24, 2.45) is 5.92 Å². The van der Waals surface area contributed by atoms with Crippen LogP contribution in [-0.4, -0.2) is 44.2 Å². The topological polar surface area (TPSA) is 72.2 Å². The maximum Gasteiger partial charge on any atom is 0.259 e. The van der Waals surface area contributed by atoms with E-state index in [-0.39, 0.29) is 23.5 Å². The van der Waals surface area contributed by atoms with Gasteiger partial charge in [-0.3, -0.25) is 9.59 Å². The molecule has 0 bridgehead atoms. The van der Waals surface area contributed by atoms with Gasteiger partial charge in [-0.05, 0) is 74.7 Å². The Bertz CT molecular complexity index is 1390. The highest BCUT2D eigenvalue weighted by Gasteiger charge is 2.31.